The zero-order valence-electron chi connectivity index (χ0n) is 17.8. The number of halogens is 1. The lowest BCUT2D eigenvalue weighted by Gasteiger charge is -2.20. The van der Waals surface area contributed by atoms with Crippen molar-refractivity contribution < 1.29 is 4.79 Å². The van der Waals surface area contributed by atoms with Crippen molar-refractivity contribution in [2.24, 2.45) is 0 Å². The van der Waals surface area contributed by atoms with Gasteiger partial charge >= 0.3 is 0 Å². The van der Waals surface area contributed by atoms with Crippen LogP contribution in [0.2, 0.25) is 5.02 Å². The number of rotatable bonds is 4. The summed E-state index contributed by atoms with van der Waals surface area (Å²) in [6, 6.07) is 13.6. The first kappa shape index (κ1) is 20.6. The summed E-state index contributed by atoms with van der Waals surface area (Å²) in [7, 11) is 2.06. The lowest BCUT2D eigenvalue weighted by Crippen LogP contribution is -2.39. The number of pyridine rings is 2. The summed E-state index contributed by atoms with van der Waals surface area (Å²) in [4.78, 5) is 24.1. The molecule has 0 spiro atoms. The number of fused-ring (bicyclic) bond motifs is 1. The number of amides is 1. The largest absolute Gasteiger partial charge is 0.347 e. The normalized spacial score (nSPS) is 18.8. The van der Waals surface area contributed by atoms with Crippen molar-refractivity contribution in [3.63, 3.8) is 0 Å². The Kier molecular flexibility index (Phi) is 5.36. The van der Waals surface area contributed by atoms with E-state index in [2.05, 4.69) is 43.5 Å². The van der Waals surface area contributed by atoms with Gasteiger partial charge in [0.05, 0.1) is 5.56 Å². The van der Waals surface area contributed by atoms with Crippen LogP contribution in [0.1, 0.15) is 27.5 Å². The lowest BCUT2D eigenvalue weighted by molar-refractivity contribution is 0.0935. The van der Waals surface area contributed by atoms with Gasteiger partial charge in [-0.1, -0.05) is 23.7 Å². The van der Waals surface area contributed by atoms with Gasteiger partial charge in [-0.2, -0.15) is 5.10 Å². The van der Waals surface area contributed by atoms with Gasteiger partial charge in [0.1, 0.15) is 5.69 Å². The third-order valence-electron chi connectivity index (χ3n) is 5.94. The van der Waals surface area contributed by atoms with Gasteiger partial charge in [0.2, 0.25) is 0 Å². The van der Waals surface area contributed by atoms with E-state index in [0.29, 0.717) is 16.2 Å². The van der Waals surface area contributed by atoms with E-state index in [1.54, 1.807) is 12.4 Å². The lowest BCUT2D eigenvalue weighted by atomic mass is 9.94. The van der Waals surface area contributed by atoms with E-state index in [9.17, 15) is 4.79 Å². The van der Waals surface area contributed by atoms with E-state index in [0.717, 1.165) is 41.0 Å². The van der Waals surface area contributed by atoms with E-state index >= 15 is 0 Å². The molecule has 1 aliphatic rings. The number of hydrogen-bond acceptors (Lipinski definition) is 5. The molecule has 0 unspecified atom stereocenters. The van der Waals surface area contributed by atoms with Crippen LogP contribution in [0.5, 0.6) is 0 Å². The van der Waals surface area contributed by atoms with Crippen LogP contribution >= 0.6 is 11.6 Å². The molecule has 0 radical (unpaired) electrons. The number of aromatic amines is 1. The number of benzene rings is 1. The van der Waals surface area contributed by atoms with Crippen molar-refractivity contribution in [1.29, 1.82) is 0 Å². The summed E-state index contributed by atoms with van der Waals surface area (Å²) < 4.78 is 0. The number of carbonyl (C=O) groups is 1. The Hall–Kier alpha value is -3.29. The SMILES string of the molecule is Cc1cc(-c2n[nH]c3ncc(C(=O)N[C@@H]4CN(C)C[C@H]4c4cccc(Cl)c4)cc23)ccn1. The standard InChI is InChI=1S/C24H23ClN6O/c1-14-8-16(6-7-26-14)22-19-10-17(11-27-23(19)30-29-22)24(32)28-21-13-31(2)12-20(21)15-4-3-5-18(25)9-15/h3-11,20-21H,12-13H2,1-2H3,(H,28,32)(H,27,29,30)/t20-,21+/m0/s1. The fourth-order valence-electron chi connectivity index (χ4n) is 4.41. The fourth-order valence-corrected chi connectivity index (χ4v) is 4.61. The van der Waals surface area contributed by atoms with E-state index in [1.165, 1.54) is 0 Å². The molecule has 162 valence electrons. The molecule has 1 aromatic carbocycles. The first-order chi connectivity index (χ1) is 15.5. The molecule has 0 saturated carbocycles. The third kappa shape index (κ3) is 3.97. The first-order valence-corrected chi connectivity index (χ1v) is 10.9. The second-order valence-electron chi connectivity index (χ2n) is 8.34. The number of hydrogen-bond donors (Lipinski definition) is 2. The van der Waals surface area contributed by atoms with Crippen LogP contribution in [0.15, 0.2) is 54.9 Å². The fraction of sp³-hybridized carbons (Fsp3) is 0.250. The Morgan fingerprint density at radius 2 is 2.06 bits per heavy atom. The molecule has 4 heterocycles. The molecular weight excluding hydrogens is 424 g/mol. The van der Waals surface area contributed by atoms with Crippen molar-refractivity contribution in [3.05, 3.63) is 76.7 Å². The minimum atomic E-state index is -0.148. The molecule has 2 atom stereocenters. The summed E-state index contributed by atoms with van der Waals surface area (Å²) in [6.07, 6.45) is 3.34. The molecule has 1 amide bonds. The maximum Gasteiger partial charge on any atom is 0.253 e. The molecule has 3 aromatic heterocycles. The van der Waals surface area contributed by atoms with Crippen molar-refractivity contribution >= 4 is 28.5 Å². The highest BCUT2D eigenvalue weighted by Gasteiger charge is 2.33. The molecule has 4 aromatic rings. The number of aryl methyl sites for hydroxylation is 1. The molecule has 2 N–H and O–H groups in total. The zero-order valence-corrected chi connectivity index (χ0v) is 18.6. The van der Waals surface area contributed by atoms with Gasteiger partial charge < -0.3 is 10.2 Å². The molecule has 5 rings (SSSR count). The van der Waals surface area contributed by atoms with Gasteiger partial charge in [0, 0.05) is 59.1 Å². The highest BCUT2D eigenvalue weighted by Crippen LogP contribution is 2.29. The second kappa shape index (κ2) is 8.33. The molecule has 32 heavy (non-hydrogen) atoms. The van der Waals surface area contributed by atoms with Crippen LogP contribution in [-0.2, 0) is 0 Å². The van der Waals surface area contributed by atoms with Gasteiger partial charge in [-0.05, 0) is 49.9 Å². The number of nitrogens with one attached hydrogen (secondary N) is 2. The Labute approximate surface area is 190 Å². The van der Waals surface area contributed by atoms with Crippen molar-refractivity contribution in [2.75, 3.05) is 20.1 Å². The first-order valence-electron chi connectivity index (χ1n) is 10.5. The average Bonchev–Trinajstić information content (AvgIpc) is 3.36. The molecule has 0 bridgehead atoms. The average molecular weight is 447 g/mol. The van der Waals surface area contributed by atoms with Crippen LogP contribution < -0.4 is 5.32 Å². The highest BCUT2D eigenvalue weighted by atomic mass is 35.5. The Morgan fingerprint density at radius 1 is 1.19 bits per heavy atom. The maximum absolute atomic E-state index is 13.2. The predicted molar refractivity (Wildman–Crippen MR) is 125 cm³/mol. The predicted octanol–water partition coefficient (Wildman–Crippen LogP) is 3.81. The number of aromatic nitrogens is 4. The van der Waals surface area contributed by atoms with Crippen LogP contribution in [0, 0.1) is 6.92 Å². The maximum atomic E-state index is 13.2. The smallest absolute Gasteiger partial charge is 0.253 e. The van der Waals surface area contributed by atoms with Crippen molar-refractivity contribution in [2.45, 2.75) is 18.9 Å². The van der Waals surface area contributed by atoms with Crippen LogP contribution in [0.3, 0.4) is 0 Å². The number of carbonyl (C=O) groups excluding carboxylic acids is 1. The second-order valence-corrected chi connectivity index (χ2v) is 8.78. The summed E-state index contributed by atoms with van der Waals surface area (Å²) in [5.74, 6) is 0.0217. The number of nitrogens with zero attached hydrogens (tertiary/aromatic N) is 4. The highest BCUT2D eigenvalue weighted by molar-refractivity contribution is 6.30. The van der Waals surface area contributed by atoms with Crippen molar-refractivity contribution in [3.8, 4) is 11.3 Å². The van der Waals surface area contributed by atoms with Gasteiger partial charge in [-0.25, -0.2) is 4.98 Å². The minimum Gasteiger partial charge on any atom is -0.347 e. The molecule has 1 saturated heterocycles. The number of likely N-dealkylation sites (N-methyl/N-ethyl adjacent to an activating group) is 1. The quantitative estimate of drug-likeness (QED) is 0.497. The third-order valence-corrected chi connectivity index (χ3v) is 6.18. The number of likely N-dealkylation sites (tertiary alicyclic amines) is 1. The van der Waals surface area contributed by atoms with E-state index < -0.39 is 0 Å². The summed E-state index contributed by atoms with van der Waals surface area (Å²) in [6.45, 7) is 3.56. The Morgan fingerprint density at radius 3 is 2.88 bits per heavy atom. The molecule has 0 aliphatic carbocycles. The van der Waals surface area contributed by atoms with E-state index in [-0.39, 0.29) is 17.9 Å². The van der Waals surface area contributed by atoms with Crippen molar-refractivity contribution in [1.82, 2.24) is 30.4 Å². The minimum absolute atomic E-state index is 0.0201. The monoisotopic (exact) mass is 446 g/mol. The molecule has 1 fully saturated rings. The van der Waals surface area contributed by atoms with Gasteiger partial charge in [-0.3, -0.25) is 14.9 Å². The van der Waals surface area contributed by atoms with Crippen LogP contribution in [-0.4, -0.2) is 57.2 Å². The summed E-state index contributed by atoms with van der Waals surface area (Å²) in [5.41, 5.74) is 4.86. The molecular formula is C24H23ClN6O. The Balaban J connectivity index is 1.42. The topological polar surface area (TPSA) is 86.8 Å². The zero-order chi connectivity index (χ0) is 22.2. The van der Waals surface area contributed by atoms with E-state index in [4.69, 9.17) is 11.6 Å². The van der Waals surface area contributed by atoms with Crippen LogP contribution in [0.4, 0.5) is 0 Å². The molecule has 8 heteroatoms. The van der Waals surface area contributed by atoms with Gasteiger partial charge in [0.15, 0.2) is 5.65 Å². The summed E-state index contributed by atoms with van der Waals surface area (Å²) in [5, 5.41) is 12.1. The number of H-pyrrole nitrogens is 1. The Bertz CT molecular complexity index is 1300. The van der Waals surface area contributed by atoms with Gasteiger partial charge in [-0.15, -0.1) is 0 Å². The summed E-state index contributed by atoms with van der Waals surface area (Å²) >= 11 is 6.21. The molecule has 7 nitrogen and oxygen atoms in total. The van der Waals surface area contributed by atoms with E-state index in [1.807, 2.05) is 43.3 Å². The van der Waals surface area contributed by atoms with Gasteiger partial charge in [0.25, 0.3) is 5.91 Å². The van der Waals surface area contributed by atoms with Crippen LogP contribution in [0.25, 0.3) is 22.3 Å². The molecule has 1 aliphatic heterocycles.